The van der Waals surface area contributed by atoms with Crippen LogP contribution < -0.4 is 0 Å². The van der Waals surface area contributed by atoms with E-state index in [4.69, 9.17) is 27.9 Å². The number of benzene rings is 1. The van der Waals surface area contributed by atoms with Gasteiger partial charge in [0.1, 0.15) is 4.83 Å². The lowest BCUT2D eigenvalue weighted by Crippen LogP contribution is -2.38. The highest BCUT2D eigenvalue weighted by Gasteiger charge is 2.18. The second kappa shape index (κ2) is 7.94. The Morgan fingerprint density at radius 3 is 2.63 bits per heavy atom. The molecular weight excluding hydrogens is 403 g/mol. The molecule has 0 bridgehead atoms. The molecule has 27 heavy (non-hydrogen) atoms. The zero-order chi connectivity index (χ0) is 19.0. The van der Waals surface area contributed by atoms with Gasteiger partial charge in [-0.1, -0.05) is 23.2 Å². The number of aromatic nitrogens is 1. The topological polar surface area (TPSA) is 34.5 Å². The fraction of sp³-hybridized carbons (Fsp3) is 0.350. The van der Waals surface area contributed by atoms with Crippen molar-refractivity contribution in [2.24, 2.45) is 0 Å². The Balaban J connectivity index is 1.57. The maximum Gasteiger partial charge on any atom is 0.203 e. The van der Waals surface area contributed by atoms with Crippen molar-refractivity contribution in [1.82, 2.24) is 9.47 Å². The van der Waals surface area contributed by atoms with Crippen molar-refractivity contribution in [1.29, 1.82) is 0 Å². The first kappa shape index (κ1) is 19.0. The first-order valence-electron chi connectivity index (χ1n) is 8.92. The predicted molar refractivity (Wildman–Crippen MR) is 112 cm³/mol. The molecule has 7 heteroatoms. The Kier molecular flexibility index (Phi) is 5.58. The van der Waals surface area contributed by atoms with Gasteiger partial charge in [-0.25, -0.2) is 0 Å². The highest BCUT2D eigenvalue weighted by molar-refractivity contribution is 7.20. The van der Waals surface area contributed by atoms with Crippen molar-refractivity contribution in [3.63, 3.8) is 0 Å². The van der Waals surface area contributed by atoms with Gasteiger partial charge in [0.25, 0.3) is 0 Å². The van der Waals surface area contributed by atoms with E-state index in [-0.39, 0.29) is 5.78 Å². The minimum atomic E-state index is -0.0212. The number of morpholine rings is 1. The molecule has 1 fully saturated rings. The van der Waals surface area contributed by atoms with Crippen LogP contribution in [-0.4, -0.2) is 48.1 Å². The van der Waals surface area contributed by atoms with E-state index in [0.717, 1.165) is 54.5 Å². The number of ether oxygens (including phenoxy) is 1. The van der Waals surface area contributed by atoms with Gasteiger partial charge in [-0.2, -0.15) is 0 Å². The lowest BCUT2D eigenvalue weighted by atomic mass is 10.1. The second-order valence-corrected chi connectivity index (χ2v) is 8.57. The maximum absolute atomic E-state index is 12.9. The summed E-state index contributed by atoms with van der Waals surface area (Å²) < 4.78 is 7.72. The van der Waals surface area contributed by atoms with Crippen LogP contribution in [-0.2, 0) is 11.3 Å². The molecule has 0 spiro atoms. The molecule has 1 aliphatic rings. The number of hydrogen-bond acceptors (Lipinski definition) is 4. The summed E-state index contributed by atoms with van der Waals surface area (Å²) in [6.45, 7) is 7.59. The Labute approximate surface area is 172 Å². The van der Waals surface area contributed by atoms with E-state index in [1.807, 2.05) is 6.07 Å². The summed E-state index contributed by atoms with van der Waals surface area (Å²) in [5.41, 5.74) is 1.78. The van der Waals surface area contributed by atoms with E-state index in [1.54, 1.807) is 18.2 Å². The summed E-state index contributed by atoms with van der Waals surface area (Å²) in [6.07, 6.45) is 0. The molecule has 1 aliphatic heterocycles. The fourth-order valence-corrected chi connectivity index (χ4v) is 4.89. The largest absolute Gasteiger partial charge is 0.379 e. The third kappa shape index (κ3) is 3.93. The number of carbonyl (C=O) groups excluding carboxylic acids is 1. The Morgan fingerprint density at radius 1 is 1.11 bits per heavy atom. The van der Waals surface area contributed by atoms with Gasteiger partial charge in [-0.3, -0.25) is 9.69 Å². The van der Waals surface area contributed by atoms with E-state index in [2.05, 4.69) is 22.5 Å². The average Bonchev–Trinajstić information content (AvgIpc) is 3.20. The third-order valence-corrected chi connectivity index (χ3v) is 6.84. The number of ketones is 1. The van der Waals surface area contributed by atoms with Crippen LogP contribution in [0.2, 0.25) is 10.0 Å². The molecule has 0 atom stereocenters. The van der Waals surface area contributed by atoms with Crippen molar-refractivity contribution in [3.05, 3.63) is 56.5 Å². The number of aryl methyl sites for hydroxylation is 1. The highest BCUT2D eigenvalue weighted by Crippen LogP contribution is 2.31. The number of hydrogen-bond donors (Lipinski definition) is 0. The third-order valence-electron chi connectivity index (χ3n) is 4.92. The Morgan fingerprint density at radius 2 is 1.89 bits per heavy atom. The van der Waals surface area contributed by atoms with Gasteiger partial charge < -0.3 is 9.30 Å². The van der Waals surface area contributed by atoms with Gasteiger partial charge in [-0.15, -0.1) is 11.3 Å². The lowest BCUT2D eigenvalue weighted by molar-refractivity contribution is 0.0365. The molecule has 0 amide bonds. The minimum Gasteiger partial charge on any atom is -0.379 e. The molecule has 1 saturated heterocycles. The molecule has 4 nitrogen and oxygen atoms in total. The molecule has 142 valence electrons. The van der Waals surface area contributed by atoms with Gasteiger partial charge in [0.15, 0.2) is 0 Å². The van der Waals surface area contributed by atoms with E-state index >= 15 is 0 Å². The second-order valence-electron chi connectivity index (χ2n) is 6.72. The van der Waals surface area contributed by atoms with Crippen LogP contribution >= 0.6 is 34.5 Å². The molecule has 0 unspecified atom stereocenters. The zero-order valence-electron chi connectivity index (χ0n) is 15.0. The van der Waals surface area contributed by atoms with Gasteiger partial charge >= 0.3 is 0 Å². The van der Waals surface area contributed by atoms with Gasteiger partial charge in [0.05, 0.1) is 28.1 Å². The SMILES string of the molecule is Cc1cc2cc(C(=O)c3ccc(Cl)c(Cl)c3)sc2n1CCN1CCOCC1. The Bertz CT molecular complexity index is 989. The number of thiophene rings is 1. The van der Waals surface area contributed by atoms with E-state index in [9.17, 15) is 4.79 Å². The zero-order valence-corrected chi connectivity index (χ0v) is 17.3. The molecule has 2 aromatic heterocycles. The molecule has 0 radical (unpaired) electrons. The molecular formula is C20H20Cl2N2O2S. The van der Waals surface area contributed by atoms with Crippen LogP contribution in [0, 0.1) is 6.92 Å². The standard InChI is InChI=1S/C20H20Cl2N2O2S/c1-13-10-15-12-18(19(25)14-2-3-16(21)17(22)11-14)27-20(15)24(13)5-4-23-6-8-26-9-7-23/h2-3,10-12H,4-9H2,1H3. The van der Waals surface area contributed by atoms with Crippen LogP contribution in [0.4, 0.5) is 0 Å². The number of nitrogens with zero attached hydrogens (tertiary/aromatic N) is 2. The van der Waals surface area contributed by atoms with Crippen LogP contribution in [0.25, 0.3) is 10.2 Å². The van der Waals surface area contributed by atoms with Gasteiger partial charge in [0, 0.05) is 42.8 Å². The number of fused-ring (bicyclic) bond motifs is 1. The molecule has 3 heterocycles. The highest BCUT2D eigenvalue weighted by atomic mass is 35.5. The molecule has 4 rings (SSSR count). The molecule has 3 aromatic rings. The Hall–Kier alpha value is -1.37. The minimum absolute atomic E-state index is 0.0212. The van der Waals surface area contributed by atoms with E-state index in [0.29, 0.717) is 15.6 Å². The van der Waals surface area contributed by atoms with E-state index in [1.165, 1.54) is 17.0 Å². The van der Waals surface area contributed by atoms with Crippen LogP contribution in [0.1, 0.15) is 20.9 Å². The number of halogens is 2. The fourth-order valence-electron chi connectivity index (χ4n) is 3.41. The maximum atomic E-state index is 12.9. The van der Waals surface area contributed by atoms with Crippen LogP contribution in [0.15, 0.2) is 30.3 Å². The van der Waals surface area contributed by atoms with Crippen molar-refractivity contribution < 1.29 is 9.53 Å². The lowest BCUT2D eigenvalue weighted by Gasteiger charge is -2.26. The summed E-state index contributed by atoms with van der Waals surface area (Å²) in [5.74, 6) is -0.0212. The summed E-state index contributed by atoms with van der Waals surface area (Å²) in [7, 11) is 0. The monoisotopic (exact) mass is 422 g/mol. The smallest absolute Gasteiger partial charge is 0.203 e. The quantitative estimate of drug-likeness (QED) is 0.549. The molecule has 0 N–H and O–H groups in total. The molecule has 1 aromatic carbocycles. The van der Waals surface area contributed by atoms with Gasteiger partial charge in [-0.05, 0) is 37.3 Å². The first-order chi connectivity index (χ1) is 13.0. The number of rotatable bonds is 5. The van der Waals surface area contributed by atoms with Crippen molar-refractivity contribution in [2.75, 3.05) is 32.8 Å². The van der Waals surface area contributed by atoms with Crippen LogP contribution in [0.5, 0.6) is 0 Å². The molecule has 0 saturated carbocycles. The first-order valence-corrected chi connectivity index (χ1v) is 10.5. The van der Waals surface area contributed by atoms with Gasteiger partial charge in [0.2, 0.25) is 5.78 Å². The average molecular weight is 423 g/mol. The summed E-state index contributed by atoms with van der Waals surface area (Å²) in [4.78, 5) is 17.1. The summed E-state index contributed by atoms with van der Waals surface area (Å²) in [6, 6.07) is 9.14. The van der Waals surface area contributed by atoms with Crippen molar-refractivity contribution >= 4 is 50.5 Å². The summed E-state index contributed by atoms with van der Waals surface area (Å²) in [5, 5.41) is 1.96. The summed E-state index contributed by atoms with van der Waals surface area (Å²) >= 11 is 13.6. The van der Waals surface area contributed by atoms with Crippen molar-refractivity contribution in [2.45, 2.75) is 13.5 Å². The van der Waals surface area contributed by atoms with E-state index < -0.39 is 0 Å². The predicted octanol–water partition coefficient (Wildman–Crippen LogP) is 4.88. The normalized spacial score (nSPS) is 15.5. The van der Waals surface area contributed by atoms with Crippen molar-refractivity contribution in [3.8, 4) is 0 Å². The molecule has 0 aliphatic carbocycles. The van der Waals surface area contributed by atoms with Crippen LogP contribution in [0.3, 0.4) is 0 Å². The number of carbonyl (C=O) groups is 1.